The third-order valence-electron chi connectivity index (χ3n) is 7.42. The van der Waals surface area contributed by atoms with Gasteiger partial charge in [0, 0.05) is 11.1 Å². The molecule has 4 nitrogen and oxygen atoms in total. The van der Waals surface area contributed by atoms with Crippen LogP contribution < -0.4 is 0 Å². The van der Waals surface area contributed by atoms with Crippen molar-refractivity contribution in [3.05, 3.63) is 84.4 Å². The molecule has 186 valence electrons. The molecule has 0 spiro atoms. The van der Waals surface area contributed by atoms with E-state index >= 15 is 0 Å². The van der Waals surface area contributed by atoms with Gasteiger partial charge in [-0.2, -0.15) is 0 Å². The van der Waals surface area contributed by atoms with E-state index in [9.17, 15) is 4.79 Å². The van der Waals surface area contributed by atoms with Gasteiger partial charge in [-0.15, -0.1) is 6.58 Å². The zero-order chi connectivity index (χ0) is 25.5. The zero-order valence-electron chi connectivity index (χ0n) is 22.0. The predicted octanol–water partition coefficient (Wildman–Crippen LogP) is 7.08. The number of Topliss-reactive ketones (excluding diaryl/α,β-unsaturated/α-hetero) is 1. The summed E-state index contributed by atoms with van der Waals surface area (Å²) >= 11 is 0. The molecule has 0 saturated carbocycles. The lowest BCUT2D eigenvalue weighted by Gasteiger charge is -2.32. The van der Waals surface area contributed by atoms with Crippen molar-refractivity contribution in [2.75, 3.05) is 0 Å². The highest BCUT2D eigenvalue weighted by molar-refractivity contribution is 6.45. The van der Waals surface area contributed by atoms with Gasteiger partial charge in [0.25, 0.3) is 0 Å². The van der Waals surface area contributed by atoms with Crippen molar-refractivity contribution < 1.29 is 14.1 Å². The molecule has 1 aliphatic heterocycles. The maximum absolute atomic E-state index is 13.2. The van der Waals surface area contributed by atoms with Crippen LogP contribution in [0.15, 0.2) is 78.3 Å². The number of unbranched alkanes of at least 4 members (excludes halogenated alkanes) is 1. The van der Waals surface area contributed by atoms with E-state index in [1.54, 1.807) is 6.92 Å². The number of aliphatic imine (C=N–C) groups is 1. The number of rotatable bonds is 12. The number of ketones is 1. The van der Waals surface area contributed by atoms with Crippen LogP contribution in [0.25, 0.3) is 0 Å². The normalized spacial score (nSPS) is 18.0. The summed E-state index contributed by atoms with van der Waals surface area (Å²) in [7, 11) is -0.215. The van der Waals surface area contributed by atoms with Crippen molar-refractivity contribution in [3.8, 4) is 0 Å². The van der Waals surface area contributed by atoms with E-state index in [0.29, 0.717) is 12.8 Å². The van der Waals surface area contributed by atoms with E-state index in [4.69, 9.17) is 14.3 Å². The summed E-state index contributed by atoms with van der Waals surface area (Å²) in [5, 5.41) is 0. The first-order valence-electron chi connectivity index (χ1n) is 12.8. The summed E-state index contributed by atoms with van der Waals surface area (Å²) in [5.41, 5.74) is 1.44. The highest BCUT2D eigenvalue weighted by Gasteiger charge is 2.50. The molecule has 0 bridgehead atoms. The number of carbonyl (C=O) groups excluding carboxylic acids is 1. The van der Waals surface area contributed by atoms with Crippen LogP contribution in [0.5, 0.6) is 0 Å². The minimum atomic E-state index is -0.800. The molecule has 5 heteroatoms. The van der Waals surface area contributed by atoms with E-state index in [-0.39, 0.29) is 24.1 Å². The molecule has 2 aromatic carbocycles. The lowest BCUT2D eigenvalue weighted by atomic mass is 9.79. The SMILES string of the molecule is C=CCCC(CCCCB1OC(C)(C)C(C)(C)O1)(N=C(c1ccccc1)c1ccccc1)C(C)=O. The van der Waals surface area contributed by atoms with Crippen LogP contribution in [0.2, 0.25) is 6.32 Å². The Morgan fingerprint density at radius 1 is 0.914 bits per heavy atom. The first kappa shape index (κ1) is 27.1. The summed E-state index contributed by atoms with van der Waals surface area (Å²) in [6.07, 6.45) is 6.50. The lowest BCUT2D eigenvalue weighted by Crippen LogP contribution is -2.41. The maximum atomic E-state index is 13.2. The highest BCUT2D eigenvalue weighted by Crippen LogP contribution is 2.38. The Morgan fingerprint density at radius 3 is 1.89 bits per heavy atom. The maximum Gasteiger partial charge on any atom is 0.457 e. The molecule has 35 heavy (non-hydrogen) atoms. The van der Waals surface area contributed by atoms with Crippen molar-refractivity contribution >= 4 is 18.6 Å². The standard InChI is InChI=1S/C30H40BNO3/c1-7-8-21-30(24(2)33,22-15-16-23-31-34-28(3,4)29(5,6)35-31)32-27(25-17-11-9-12-18-25)26-19-13-10-14-20-26/h7,9-14,17-20H,1,8,15-16,21-23H2,2-6H3. The molecule has 1 unspecified atom stereocenters. The second kappa shape index (κ2) is 11.5. The Kier molecular flexibility index (Phi) is 8.90. The quantitative estimate of drug-likeness (QED) is 0.143. The van der Waals surface area contributed by atoms with Crippen LogP contribution in [-0.2, 0) is 14.1 Å². The predicted molar refractivity (Wildman–Crippen MR) is 146 cm³/mol. The van der Waals surface area contributed by atoms with Gasteiger partial charge in [-0.25, -0.2) is 0 Å². The van der Waals surface area contributed by atoms with Crippen LogP contribution >= 0.6 is 0 Å². The average Bonchev–Trinajstić information content (AvgIpc) is 3.04. The molecule has 1 aliphatic rings. The Balaban J connectivity index is 1.85. The first-order chi connectivity index (χ1) is 16.6. The largest absolute Gasteiger partial charge is 0.457 e. The van der Waals surface area contributed by atoms with Gasteiger partial charge in [0.2, 0.25) is 0 Å². The monoisotopic (exact) mass is 473 g/mol. The molecule has 0 aromatic heterocycles. The molecule has 1 heterocycles. The summed E-state index contributed by atoms with van der Waals surface area (Å²) < 4.78 is 12.3. The van der Waals surface area contributed by atoms with E-state index in [0.717, 1.165) is 42.4 Å². The zero-order valence-corrected chi connectivity index (χ0v) is 22.0. The smallest absolute Gasteiger partial charge is 0.403 e. The van der Waals surface area contributed by atoms with Crippen molar-refractivity contribution in [2.24, 2.45) is 4.99 Å². The third kappa shape index (κ3) is 6.59. The van der Waals surface area contributed by atoms with Crippen molar-refractivity contribution in [1.82, 2.24) is 0 Å². The summed E-state index contributed by atoms with van der Waals surface area (Å²) in [5.74, 6) is 0.0966. The molecule has 1 fully saturated rings. The van der Waals surface area contributed by atoms with E-state index < -0.39 is 5.54 Å². The van der Waals surface area contributed by atoms with Crippen LogP contribution in [0.3, 0.4) is 0 Å². The number of hydrogen-bond acceptors (Lipinski definition) is 4. The number of carbonyl (C=O) groups is 1. The average molecular weight is 473 g/mol. The third-order valence-corrected chi connectivity index (χ3v) is 7.42. The van der Waals surface area contributed by atoms with Gasteiger partial charge in [0.05, 0.1) is 16.9 Å². The topological polar surface area (TPSA) is 47.9 Å². The fourth-order valence-electron chi connectivity index (χ4n) is 4.52. The molecule has 2 aromatic rings. The van der Waals surface area contributed by atoms with Gasteiger partial charge in [-0.3, -0.25) is 9.79 Å². The molecule has 1 saturated heterocycles. The van der Waals surface area contributed by atoms with Crippen molar-refractivity contribution in [1.29, 1.82) is 0 Å². The first-order valence-corrected chi connectivity index (χ1v) is 12.8. The number of allylic oxidation sites excluding steroid dienone is 1. The van der Waals surface area contributed by atoms with Gasteiger partial charge >= 0.3 is 7.12 Å². The van der Waals surface area contributed by atoms with E-state index in [1.165, 1.54) is 0 Å². The van der Waals surface area contributed by atoms with Crippen LogP contribution in [-0.4, -0.2) is 35.4 Å². The minimum absolute atomic E-state index is 0.0966. The lowest BCUT2D eigenvalue weighted by molar-refractivity contribution is -0.122. The molecule has 0 radical (unpaired) electrons. The highest BCUT2D eigenvalue weighted by atomic mass is 16.7. The second-order valence-corrected chi connectivity index (χ2v) is 10.5. The molecule has 1 atom stereocenters. The Labute approximate surface area is 212 Å². The number of benzene rings is 2. The summed E-state index contributed by atoms with van der Waals surface area (Å²) in [6, 6.07) is 20.3. The van der Waals surface area contributed by atoms with Gasteiger partial charge in [-0.05, 0) is 60.2 Å². The van der Waals surface area contributed by atoms with Gasteiger partial charge < -0.3 is 9.31 Å². The van der Waals surface area contributed by atoms with E-state index in [2.05, 4.69) is 58.5 Å². The van der Waals surface area contributed by atoms with Gasteiger partial charge in [0.15, 0.2) is 5.78 Å². The molecular formula is C30H40BNO3. The Morgan fingerprint density at radius 2 is 1.43 bits per heavy atom. The number of nitrogens with zero attached hydrogens (tertiary/aromatic N) is 1. The molecule has 0 aliphatic carbocycles. The van der Waals surface area contributed by atoms with Gasteiger partial charge in [0.1, 0.15) is 5.54 Å². The van der Waals surface area contributed by atoms with Gasteiger partial charge in [-0.1, -0.05) is 79.6 Å². The Hall–Kier alpha value is -2.50. The summed E-state index contributed by atoms with van der Waals surface area (Å²) in [6.45, 7) is 13.9. The Bertz CT molecular complexity index is 959. The van der Waals surface area contributed by atoms with Crippen LogP contribution in [0.4, 0.5) is 0 Å². The molecule has 0 amide bonds. The van der Waals surface area contributed by atoms with Crippen molar-refractivity contribution in [3.63, 3.8) is 0 Å². The molecular weight excluding hydrogens is 433 g/mol. The van der Waals surface area contributed by atoms with Crippen molar-refractivity contribution in [2.45, 2.75) is 89.8 Å². The van der Waals surface area contributed by atoms with Crippen LogP contribution in [0.1, 0.15) is 77.8 Å². The molecule has 3 rings (SSSR count). The number of hydrogen-bond donors (Lipinski definition) is 0. The summed E-state index contributed by atoms with van der Waals surface area (Å²) in [4.78, 5) is 18.5. The van der Waals surface area contributed by atoms with E-state index in [1.807, 2.05) is 42.5 Å². The fourth-order valence-corrected chi connectivity index (χ4v) is 4.52. The molecule has 0 N–H and O–H groups in total. The van der Waals surface area contributed by atoms with Crippen LogP contribution in [0, 0.1) is 0 Å². The minimum Gasteiger partial charge on any atom is -0.403 e. The second-order valence-electron chi connectivity index (χ2n) is 10.5. The fraction of sp³-hybridized carbons (Fsp3) is 0.467.